The maximum absolute atomic E-state index is 13.8. The lowest BCUT2D eigenvalue weighted by Gasteiger charge is -2.48. The lowest BCUT2D eigenvalue weighted by Crippen LogP contribution is -2.69. The third kappa shape index (κ3) is 13.0. The molecule has 0 aromatic heterocycles. The van der Waals surface area contributed by atoms with E-state index in [1.165, 1.54) is 0 Å². The maximum Gasteiger partial charge on any atom is 0.367 e. The van der Waals surface area contributed by atoms with Crippen molar-refractivity contribution in [2.45, 2.75) is 90.5 Å². The molecule has 1 fully saturated rings. The number of methoxy groups -OCH3 is 1. The zero-order valence-corrected chi connectivity index (χ0v) is 30.0. The van der Waals surface area contributed by atoms with Crippen molar-refractivity contribution in [1.82, 2.24) is 5.32 Å². The van der Waals surface area contributed by atoms with Gasteiger partial charge >= 0.3 is 38.4 Å². The number of hydrogen-bond acceptors (Lipinski definition) is 15. The second kappa shape index (κ2) is 19.8. The van der Waals surface area contributed by atoms with Gasteiger partial charge in [0.05, 0.1) is 32.8 Å². The Kier molecular flexibility index (Phi) is 15.9. The van der Waals surface area contributed by atoms with Gasteiger partial charge in [-0.1, -0.05) is 60.7 Å². The summed E-state index contributed by atoms with van der Waals surface area (Å²) in [5, 5.41) is 2.61. The number of amides is 1. The second-order valence-electron chi connectivity index (χ2n) is 11.3. The van der Waals surface area contributed by atoms with Crippen molar-refractivity contribution in [3.8, 4) is 0 Å². The first-order chi connectivity index (χ1) is 24.2. The van der Waals surface area contributed by atoms with Crippen LogP contribution in [-0.4, -0.2) is 85.7 Å². The van der Waals surface area contributed by atoms with E-state index in [9.17, 15) is 28.8 Å². The monoisotopic (exact) mass is 735 g/mol. The van der Waals surface area contributed by atoms with Crippen LogP contribution in [0.25, 0.3) is 0 Å². The van der Waals surface area contributed by atoms with Crippen LogP contribution < -0.4 is 5.32 Å². The Morgan fingerprint density at radius 3 is 1.80 bits per heavy atom. The molecule has 1 aliphatic heterocycles. The molecule has 1 aliphatic rings. The minimum absolute atomic E-state index is 0.0309. The number of carbonyl (C=O) groups is 6. The number of rotatable bonds is 17. The van der Waals surface area contributed by atoms with Gasteiger partial charge in [0.1, 0.15) is 18.8 Å². The molecule has 0 saturated carbocycles. The summed E-state index contributed by atoms with van der Waals surface area (Å²) in [5.74, 6) is -7.66. The van der Waals surface area contributed by atoms with Gasteiger partial charge in [0.2, 0.25) is 5.91 Å². The van der Waals surface area contributed by atoms with Gasteiger partial charge in [-0.25, -0.2) is 4.79 Å². The zero-order chi connectivity index (χ0) is 37.6. The van der Waals surface area contributed by atoms with Crippen LogP contribution in [0.2, 0.25) is 0 Å². The molecule has 278 valence electrons. The summed E-state index contributed by atoms with van der Waals surface area (Å²) >= 11 is 0. The highest BCUT2D eigenvalue weighted by molar-refractivity contribution is 7.41. The van der Waals surface area contributed by atoms with Gasteiger partial charge in [0.25, 0.3) is 5.79 Å². The zero-order valence-electron chi connectivity index (χ0n) is 29.1. The fourth-order valence-corrected chi connectivity index (χ4v) is 6.23. The van der Waals surface area contributed by atoms with Crippen molar-refractivity contribution in [2.75, 3.05) is 13.7 Å². The molecule has 1 amide bonds. The van der Waals surface area contributed by atoms with Gasteiger partial charge in [-0.05, 0) is 11.1 Å². The molecular weight excluding hydrogens is 693 g/mol. The van der Waals surface area contributed by atoms with E-state index in [0.29, 0.717) is 0 Å². The highest BCUT2D eigenvalue weighted by atomic mass is 31.2. The topological polar surface area (TPSA) is 198 Å². The van der Waals surface area contributed by atoms with E-state index in [4.69, 9.17) is 42.0 Å². The first kappa shape index (κ1) is 41.0. The van der Waals surface area contributed by atoms with Crippen LogP contribution in [0.5, 0.6) is 0 Å². The molecule has 0 unspecified atom stereocenters. The van der Waals surface area contributed by atoms with E-state index in [-0.39, 0.29) is 13.2 Å². The van der Waals surface area contributed by atoms with Gasteiger partial charge in [0, 0.05) is 34.6 Å². The summed E-state index contributed by atoms with van der Waals surface area (Å²) in [6.07, 6.45) is -6.98. The average molecular weight is 736 g/mol. The van der Waals surface area contributed by atoms with Crippen molar-refractivity contribution >= 4 is 44.4 Å². The number of hydrogen-bond donors (Lipinski definition) is 1. The molecule has 0 radical (unpaired) electrons. The molecule has 1 heterocycles. The summed E-state index contributed by atoms with van der Waals surface area (Å²) < 4.78 is 51.6. The van der Waals surface area contributed by atoms with E-state index in [2.05, 4.69) is 5.32 Å². The van der Waals surface area contributed by atoms with E-state index in [1.54, 1.807) is 48.5 Å². The van der Waals surface area contributed by atoms with Crippen molar-refractivity contribution in [1.29, 1.82) is 0 Å². The van der Waals surface area contributed by atoms with E-state index < -0.39 is 93.6 Å². The first-order valence-corrected chi connectivity index (χ1v) is 16.8. The number of benzene rings is 2. The van der Waals surface area contributed by atoms with Crippen LogP contribution in [0.3, 0.4) is 0 Å². The molecule has 1 saturated heterocycles. The summed E-state index contributed by atoms with van der Waals surface area (Å²) in [4.78, 5) is 75.4. The van der Waals surface area contributed by atoms with Gasteiger partial charge in [0.15, 0.2) is 12.2 Å². The lowest BCUT2D eigenvalue weighted by molar-refractivity contribution is -0.292. The second-order valence-corrected chi connectivity index (χ2v) is 12.4. The summed E-state index contributed by atoms with van der Waals surface area (Å²) in [5.41, 5.74) is 1.47. The Balaban J connectivity index is 2.17. The normalized spacial score (nSPS) is 21.0. The minimum Gasteiger partial charge on any atom is -0.465 e. The summed E-state index contributed by atoms with van der Waals surface area (Å²) in [6, 6.07) is 16.7. The molecule has 2 aromatic carbocycles. The summed E-state index contributed by atoms with van der Waals surface area (Å²) in [7, 11) is -1.45. The molecule has 6 atom stereocenters. The van der Waals surface area contributed by atoms with Gasteiger partial charge in [-0.2, -0.15) is 0 Å². The minimum atomic E-state index is -2.52. The number of esters is 5. The number of nitrogens with one attached hydrogen (secondary N) is 1. The van der Waals surface area contributed by atoms with E-state index in [0.717, 1.165) is 52.9 Å². The Labute approximate surface area is 296 Å². The van der Waals surface area contributed by atoms with Crippen LogP contribution in [0.15, 0.2) is 60.7 Å². The third-order valence-electron chi connectivity index (χ3n) is 7.08. The highest BCUT2D eigenvalue weighted by Gasteiger charge is 2.60. The molecule has 1 N–H and O–H groups in total. The quantitative estimate of drug-likeness (QED) is 0.141. The molecule has 0 bridgehead atoms. The van der Waals surface area contributed by atoms with Gasteiger partial charge in [-0.3, -0.25) is 28.5 Å². The predicted octanol–water partition coefficient (Wildman–Crippen LogP) is 3.18. The van der Waals surface area contributed by atoms with Crippen molar-refractivity contribution in [3.05, 3.63) is 71.8 Å². The number of ether oxygens (including phenoxy) is 6. The maximum atomic E-state index is 13.8. The summed E-state index contributed by atoms with van der Waals surface area (Å²) in [6.45, 7) is 4.76. The molecule has 51 heavy (non-hydrogen) atoms. The Hall–Kier alpha value is -4.47. The fraction of sp³-hybridized carbons (Fsp3) is 0.471. The van der Waals surface area contributed by atoms with Crippen LogP contribution in [-0.2, 0) is 84.0 Å². The molecule has 3 rings (SSSR count). The van der Waals surface area contributed by atoms with E-state index in [1.807, 2.05) is 12.1 Å². The Morgan fingerprint density at radius 1 is 0.804 bits per heavy atom. The van der Waals surface area contributed by atoms with E-state index >= 15 is 0 Å². The Bertz CT molecular complexity index is 1450. The van der Waals surface area contributed by atoms with Crippen molar-refractivity contribution in [2.24, 2.45) is 0 Å². The number of carbonyl (C=O) groups excluding carboxylic acids is 6. The molecule has 0 spiro atoms. The van der Waals surface area contributed by atoms with Crippen LogP contribution in [0, 0.1) is 0 Å². The SMILES string of the molecule is COC(=O)[C@]1(OP(OCc2ccccc2)OCc2ccccc2)C[C@H](OC(C)=O)[C@@H](NC(C)=O)[C@H]([C@H](OC(C)=O)[C@@H](COC(C)=O)OC(C)=O)O1. The first-order valence-electron chi connectivity index (χ1n) is 15.7. The molecular formula is C34H42NO15P. The fourth-order valence-electron chi connectivity index (χ4n) is 5.11. The van der Waals surface area contributed by atoms with Gasteiger partial charge < -0.3 is 42.8 Å². The lowest BCUT2D eigenvalue weighted by atomic mass is 9.88. The van der Waals surface area contributed by atoms with Crippen LogP contribution >= 0.6 is 8.60 Å². The van der Waals surface area contributed by atoms with Crippen LogP contribution in [0.1, 0.15) is 52.2 Å². The molecule has 0 aliphatic carbocycles. The smallest absolute Gasteiger partial charge is 0.367 e. The van der Waals surface area contributed by atoms with Crippen LogP contribution in [0.4, 0.5) is 0 Å². The third-order valence-corrected chi connectivity index (χ3v) is 8.20. The van der Waals surface area contributed by atoms with Crippen molar-refractivity contribution < 1.29 is 70.8 Å². The molecule has 16 nitrogen and oxygen atoms in total. The Morgan fingerprint density at radius 2 is 1.35 bits per heavy atom. The average Bonchev–Trinajstić information content (AvgIpc) is 3.07. The van der Waals surface area contributed by atoms with Crippen molar-refractivity contribution in [3.63, 3.8) is 0 Å². The highest BCUT2D eigenvalue weighted by Crippen LogP contribution is 2.50. The largest absolute Gasteiger partial charge is 0.465 e. The molecule has 2 aromatic rings. The van der Waals surface area contributed by atoms with Gasteiger partial charge in [-0.15, -0.1) is 0 Å². The standard InChI is InChI=1S/C34H42NO15P/c1-21(36)35-30-28(46-23(3)38)17-34(33(41)42-6,49-32(30)31(48-25(5)40)29(47-24(4)39)20-43-22(2)37)50-51(44-18-26-13-9-7-10-14-26)45-19-27-15-11-8-12-16-27/h7-16,28-32H,17-20H2,1-6H3,(H,35,36)/t28-,29+,30+,31+,32+,34+/m0/s1. The predicted molar refractivity (Wildman–Crippen MR) is 176 cm³/mol. The molecule has 17 heteroatoms.